The van der Waals surface area contributed by atoms with Crippen LogP contribution in [0.25, 0.3) is 12.2 Å². The van der Waals surface area contributed by atoms with Crippen molar-refractivity contribution >= 4 is 29.8 Å². The fourth-order valence-electron chi connectivity index (χ4n) is 3.84. The lowest BCUT2D eigenvalue weighted by Gasteiger charge is -2.25. The quantitative estimate of drug-likeness (QED) is 0.324. The average Bonchev–Trinajstić information content (AvgIpc) is 2.94. The van der Waals surface area contributed by atoms with Gasteiger partial charge in [-0.2, -0.15) is 0 Å². The average molecular weight is 524 g/mol. The number of benzene rings is 2. The molecule has 1 N–H and O–H groups in total. The number of nitrogens with zero attached hydrogens (tertiary/aromatic N) is 1. The van der Waals surface area contributed by atoms with E-state index in [1.54, 1.807) is 53.5 Å². The van der Waals surface area contributed by atoms with Crippen LogP contribution in [0.2, 0.25) is 0 Å². The van der Waals surface area contributed by atoms with Gasteiger partial charge in [-0.1, -0.05) is 24.3 Å². The maximum atomic E-state index is 12.4. The number of ketones is 2. The van der Waals surface area contributed by atoms with Gasteiger partial charge < -0.3 is 29.0 Å². The van der Waals surface area contributed by atoms with E-state index in [0.717, 1.165) is 19.3 Å². The van der Waals surface area contributed by atoms with Crippen molar-refractivity contribution in [3.05, 3.63) is 59.7 Å². The molecule has 0 aliphatic carbocycles. The molecule has 0 saturated carbocycles. The second-order valence-electron chi connectivity index (χ2n) is 8.58. The van der Waals surface area contributed by atoms with E-state index in [0.29, 0.717) is 47.2 Å². The second-order valence-corrected chi connectivity index (χ2v) is 8.58. The Hall–Kier alpha value is -4.11. The van der Waals surface area contributed by atoms with Gasteiger partial charge in [-0.15, -0.1) is 0 Å². The highest BCUT2D eigenvalue weighted by molar-refractivity contribution is 6.10. The number of methoxy groups -OCH3 is 2. The van der Waals surface area contributed by atoms with Crippen molar-refractivity contribution in [1.29, 1.82) is 0 Å². The second kappa shape index (κ2) is 14.6. The van der Waals surface area contributed by atoms with E-state index in [1.165, 1.54) is 26.4 Å². The molecular formula is C29H33NO8. The molecule has 1 heterocycles. The number of hydrogen-bond donors (Lipinski definition) is 1. The number of carbonyl (C=O) groups excluding carboxylic acids is 3. The lowest BCUT2D eigenvalue weighted by atomic mass is 10.1. The molecule has 0 bridgehead atoms. The first-order chi connectivity index (χ1) is 18.4. The number of aliphatic hydroxyl groups excluding tert-OH is 1. The number of allylic oxidation sites excluding steroid dienone is 2. The Labute approximate surface area is 222 Å². The van der Waals surface area contributed by atoms with Gasteiger partial charge in [0.15, 0.2) is 34.6 Å². The van der Waals surface area contributed by atoms with Crippen LogP contribution in [0.15, 0.2) is 48.6 Å². The Morgan fingerprint density at radius 3 is 1.92 bits per heavy atom. The molecule has 0 unspecified atom stereocenters. The van der Waals surface area contributed by atoms with Crippen LogP contribution in [0, 0.1) is 0 Å². The summed E-state index contributed by atoms with van der Waals surface area (Å²) in [6.45, 7) is 1.38. The summed E-state index contributed by atoms with van der Waals surface area (Å²) in [6, 6.07) is 10.1. The summed E-state index contributed by atoms with van der Waals surface area (Å²) in [6.07, 6.45) is 8.18. The third-order valence-electron chi connectivity index (χ3n) is 5.81. The number of carbonyl (C=O) groups is 3. The van der Waals surface area contributed by atoms with Crippen LogP contribution in [0.5, 0.6) is 23.0 Å². The number of hydrogen-bond acceptors (Lipinski definition) is 8. The molecule has 1 saturated heterocycles. The molecule has 0 aromatic heterocycles. The predicted molar refractivity (Wildman–Crippen MR) is 143 cm³/mol. The molecule has 9 heteroatoms. The smallest absolute Gasteiger partial charge is 0.415 e. The van der Waals surface area contributed by atoms with Gasteiger partial charge in [0.2, 0.25) is 0 Å². The largest absolute Gasteiger partial charge is 0.493 e. The molecule has 1 amide bonds. The highest BCUT2D eigenvalue weighted by Gasteiger charge is 2.20. The minimum absolute atomic E-state index is 0.116. The number of amides is 1. The summed E-state index contributed by atoms with van der Waals surface area (Å²) in [7, 11) is 2.97. The van der Waals surface area contributed by atoms with Crippen LogP contribution in [0.1, 0.15) is 36.8 Å². The van der Waals surface area contributed by atoms with Gasteiger partial charge in [0, 0.05) is 13.1 Å². The molecule has 0 atom stereocenters. The van der Waals surface area contributed by atoms with Crippen LogP contribution >= 0.6 is 0 Å². The molecule has 1 aliphatic heterocycles. The Kier molecular flexibility index (Phi) is 10.9. The van der Waals surface area contributed by atoms with E-state index < -0.39 is 6.09 Å². The van der Waals surface area contributed by atoms with Crippen LogP contribution in [-0.4, -0.2) is 68.2 Å². The molecule has 2 aromatic rings. The van der Waals surface area contributed by atoms with Gasteiger partial charge in [-0.25, -0.2) is 4.79 Å². The van der Waals surface area contributed by atoms with Crippen molar-refractivity contribution in [3.8, 4) is 23.0 Å². The van der Waals surface area contributed by atoms with Gasteiger partial charge in [-0.3, -0.25) is 9.59 Å². The summed E-state index contributed by atoms with van der Waals surface area (Å²) < 4.78 is 21.5. The monoisotopic (exact) mass is 523 g/mol. The first-order valence-electron chi connectivity index (χ1n) is 12.4. The normalized spacial score (nSPS) is 13.5. The Bertz CT molecular complexity index is 1180. The third-order valence-corrected chi connectivity index (χ3v) is 5.81. The lowest BCUT2D eigenvalue weighted by molar-refractivity contribution is -0.121. The molecule has 1 fully saturated rings. The minimum atomic E-state index is -0.405. The van der Waals surface area contributed by atoms with E-state index in [-0.39, 0.29) is 31.2 Å². The summed E-state index contributed by atoms with van der Waals surface area (Å²) in [5.74, 6) is 0.912. The van der Waals surface area contributed by atoms with Crippen LogP contribution in [0.3, 0.4) is 0 Å². The highest BCUT2D eigenvalue weighted by atomic mass is 16.6. The molecule has 0 radical (unpaired) electrons. The molecular weight excluding hydrogens is 490 g/mol. The van der Waals surface area contributed by atoms with Crippen molar-refractivity contribution in [1.82, 2.24) is 4.90 Å². The Morgan fingerprint density at radius 2 is 1.37 bits per heavy atom. The fraction of sp³-hybridized carbons (Fsp3) is 0.345. The number of rotatable bonds is 12. The molecule has 202 valence electrons. The van der Waals surface area contributed by atoms with E-state index in [4.69, 9.17) is 24.1 Å². The molecule has 9 nitrogen and oxygen atoms in total. The van der Waals surface area contributed by atoms with E-state index in [1.807, 2.05) is 0 Å². The van der Waals surface area contributed by atoms with Gasteiger partial charge in [-0.05, 0) is 66.8 Å². The Morgan fingerprint density at radius 1 is 0.816 bits per heavy atom. The van der Waals surface area contributed by atoms with Crippen molar-refractivity contribution in [2.75, 3.05) is 40.5 Å². The van der Waals surface area contributed by atoms with E-state index >= 15 is 0 Å². The molecule has 2 aromatic carbocycles. The maximum absolute atomic E-state index is 12.4. The zero-order valence-corrected chi connectivity index (χ0v) is 21.7. The van der Waals surface area contributed by atoms with E-state index in [9.17, 15) is 14.4 Å². The lowest BCUT2D eigenvalue weighted by Crippen LogP contribution is -2.37. The predicted octanol–water partition coefficient (Wildman–Crippen LogP) is 4.31. The van der Waals surface area contributed by atoms with Gasteiger partial charge >= 0.3 is 6.09 Å². The summed E-state index contributed by atoms with van der Waals surface area (Å²) >= 11 is 0. The summed E-state index contributed by atoms with van der Waals surface area (Å²) in [4.78, 5) is 38.7. The zero-order chi connectivity index (χ0) is 27.3. The summed E-state index contributed by atoms with van der Waals surface area (Å²) in [5, 5.41) is 8.90. The first kappa shape index (κ1) is 28.5. The van der Waals surface area contributed by atoms with Gasteiger partial charge in [0.05, 0.1) is 27.2 Å². The van der Waals surface area contributed by atoms with Crippen LogP contribution in [0.4, 0.5) is 4.79 Å². The standard InChI is InChI=1S/C29H33NO8/c1-35-27-18-21(8-12-25(27)37-17-16-31)6-10-23(32)20-24(33)11-7-22-9-13-26(28(19-22)36-2)38-29(34)30-14-4-3-5-15-30/h6-13,18-19,31H,3-5,14-17,20H2,1-2H3. The van der Waals surface area contributed by atoms with Crippen molar-refractivity contribution < 1.29 is 38.4 Å². The number of piperidine rings is 1. The van der Waals surface area contributed by atoms with Gasteiger partial charge in [0.25, 0.3) is 0 Å². The van der Waals surface area contributed by atoms with Crippen molar-refractivity contribution in [3.63, 3.8) is 0 Å². The molecule has 3 rings (SSSR count). The number of ether oxygens (including phenoxy) is 4. The Balaban J connectivity index is 1.55. The number of aliphatic hydroxyl groups is 1. The van der Waals surface area contributed by atoms with E-state index in [2.05, 4.69) is 0 Å². The molecule has 38 heavy (non-hydrogen) atoms. The van der Waals surface area contributed by atoms with Crippen LogP contribution < -0.4 is 18.9 Å². The molecule has 1 aliphatic rings. The highest BCUT2D eigenvalue weighted by Crippen LogP contribution is 2.30. The molecule has 0 spiro atoms. The summed E-state index contributed by atoms with van der Waals surface area (Å²) in [5.41, 5.74) is 1.36. The minimum Gasteiger partial charge on any atom is -0.493 e. The van der Waals surface area contributed by atoms with Crippen molar-refractivity contribution in [2.45, 2.75) is 25.7 Å². The van der Waals surface area contributed by atoms with Crippen molar-refractivity contribution in [2.24, 2.45) is 0 Å². The maximum Gasteiger partial charge on any atom is 0.415 e. The third kappa shape index (κ3) is 8.48. The SMILES string of the molecule is COc1cc(C=CC(=O)CC(=O)C=Cc2ccc(OC(=O)N3CCCCC3)c(OC)c2)ccc1OCCO. The zero-order valence-electron chi connectivity index (χ0n) is 21.7. The van der Waals surface area contributed by atoms with Gasteiger partial charge in [0.1, 0.15) is 6.61 Å². The fourth-order valence-corrected chi connectivity index (χ4v) is 3.84. The number of likely N-dealkylation sites (tertiary alicyclic amines) is 1. The van der Waals surface area contributed by atoms with Crippen LogP contribution in [-0.2, 0) is 9.59 Å². The first-order valence-corrected chi connectivity index (χ1v) is 12.4. The topological polar surface area (TPSA) is 112 Å².